The minimum atomic E-state index is -0.505. The highest BCUT2D eigenvalue weighted by atomic mass is 16.6. The van der Waals surface area contributed by atoms with Gasteiger partial charge in [-0.25, -0.2) is 9.48 Å². The number of rotatable bonds is 8. The molecule has 0 bridgehead atoms. The Balaban J connectivity index is 1.23. The third kappa shape index (κ3) is 6.82. The molecule has 5 rings (SSSR count). The van der Waals surface area contributed by atoms with Crippen molar-refractivity contribution in [3.63, 3.8) is 0 Å². The van der Waals surface area contributed by atoms with Crippen molar-refractivity contribution in [3.05, 3.63) is 42.5 Å². The third-order valence-corrected chi connectivity index (χ3v) is 7.31. The first-order valence-electron chi connectivity index (χ1n) is 13.7. The lowest BCUT2D eigenvalue weighted by Crippen LogP contribution is -2.53. The molecule has 4 heterocycles. The number of aromatic nitrogens is 6. The van der Waals surface area contributed by atoms with Gasteiger partial charge in [0, 0.05) is 25.7 Å². The molecule has 1 aliphatic heterocycles. The lowest BCUT2D eigenvalue weighted by Gasteiger charge is -2.43. The smallest absolute Gasteiger partial charge is 0.410 e. The molecule has 39 heavy (non-hydrogen) atoms. The van der Waals surface area contributed by atoms with Crippen LogP contribution in [-0.4, -0.2) is 79.6 Å². The van der Waals surface area contributed by atoms with Gasteiger partial charge in [0.1, 0.15) is 22.7 Å². The van der Waals surface area contributed by atoms with E-state index in [9.17, 15) is 4.79 Å². The molecule has 0 spiro atoms. The molecule has 11 nitrogen and oxygen atoms in total. The van der Waals surface area contributed by atoms with E-state index in [4.69, 9.17) is 14.5 Å². The number of carbonyl (C=O) groups excluding carboxylic acids is 1. The molecular weight excluding hydrogens is 496 g/mol. The normalized spacial score (nSPS) is 17.9. The number of pyridine rings is 1. The summed E-state index contributed by atoms with van der Waals surface area (Å²) in [6.45, 7) is 8.78. The SMILES string of the molecule is COc1cnnc(-c2cn(Cc3ccc(N4CCC[C@@H](N(CC5CCC5)C(=O)OC(C)(C)C)C4)cn3)nn2)c1. The quantitative estimate of drug-likeness (QED) is 0.420. The first kappa shape index (κ1) is 26.8. The van der Waals surface area contributed by atoms with Crippen molar-refractivity contribution in [3.8, 4) is 17.1 Å². The molecule has 1 saturated heterocycles. The van der Waals surface area contributed by atoms with Gasteiger partial charge in [-0.15, -0.1) is 10.2 Å². The van der Waals surface area contributed by atoms with E-state index in [1.54, 1.807) is 24.1 Å². The Kier molecular flexibility index (Phi) is 7.94. The molecule has 0 aromatic carbocycles. The highest BCUT2D eigenvalue weighted by Crippen LogP contribution is 2.31. The first-order chi connectivity index (χ1) is 18.8. The van der Waals surface area contributed by atoms with Crippen molar-refractivity contribution >= 4 is 11.8 Å². The van der Waals surface area contributed by atoms with Gasteiger partial charge >= 0.3 is 6.09 Å². The fraction of sp³-hybridized carbons (Fsp3) is 0.571. The molecule has 1 atom stereocenters. The average Bonchev–Trinajstić information content (AvgIpc) is 3.36. The van der Waals surface area contributed by atoms with Gasteiger partial charge in [0.2, 0.25) is 0 Å². The number of hydrogen-bond acceptors (Lipinski definition) is 9. The van der Waals surface area contributed by atoms with E-state index in [0.29, 0.717) is 29.6 Å². The van der Waals surface area contributed by atoms with Crippen molar-refractivity contribution in [1.29, 1.82) is 0 Å². The molecule has 1 aliphatic carbocycles. The summed E-state index contributed by atoms with van der Waals surface area (Å²) in [5.74, 6) is 1.20. The maximum absolute atomic E-state index is 13.2. The number of piperidine rings is 1. The number of anilines is 1. The Labute approximate surface area is 229 Å². The molecule has 11 heteroatoms. The monoisotopic (exact) mass is 534 g/mol. The topological polar surface area (TPSA) is 111 Å². The Morgan fingerprint density at radius 3 is 2.64 bits per heavy atom. The number of methoxy groups -OCH3 is 1. The van der Waals surface area contributed by atoms with Gasteiger partial charge in [-0.05, 0) is 64.5 Å². The van der Waals surface area contributed by atoms with Crippen molar-refractivity contribution in [2.45, 2.75) is 71.1 Å². The zero-order valence-electron chi connectivity index (χ0n) is 23.3. The van der Waals surface area contributed by atoms with Crippen LogP contribution in [0.3, 0.4) is 0 Å². The molecule has 2 fully saturated rings. The minimum absolute atomic E-state index is 0.127. The number of amides is 1. The van der Waals surface area contributed by atoms with E-state index in [2.05, 4.69) is 31.5 Å². The summed E-state index contributed by atoms with van der Waals surface area (Å²) in [4.78, 5) is 22.2. The fourth-order valence-corrected chi connectivity index (χ4v) is 5.03. The number of hydrogen-bond donors (Lipinski definition) is 0. The summed E-state index contributed by atoms with van der Waals surface area (Å²) in [5.41, 5.74) is 2.65. The van der Waals surface area contributed by atoms with Crippen LogP contribution >= 0.6 is 0 Å². The Bertz CT molecular complexity index is 1250. The number of ether oxygens (including phenoxy) is 2. The predicted molar refractivity (Wildman–Crippen MR) is 146 cm³/mol. The van der Waals surface area contributed by atoms with Crippen LogP contribution in [0, 0.1) is 5.92 Å². The minimum Gasteiger partial charge on any atom is -0.495 e. The van der Waals surface area contributed by atoms with Gasteiger partial charge in [0.15, 0.2) is 0 Å². The number of nitrogens with zero attached hydrogens (tertiary/aromatic N) is 8. The van der Waals surface area contributed by atoms with Gasteiger partial charge in [-0.3, -0.25) is 4.98 Å². The second-order valence-electron chi connectivity index (χ2n) is 11.5. The molecule has 0 radical (unpaired) electrons. The van der Waals surface area contributed by atoms with Crippen molar-refractivity contribution in [2.75, 3.05) is 31.6 Å². The fourth-order valence-electron chi connectivity index (χ4n) is 5.03. The highest BCUT2D eigenvalue weighted by Gasteiger charge is 2.34. The molecule has 0 unspecified atom stereocenters. The van der Waals surface area contributed by atoms with Crippen molar-refractivity contribution in [1.82, 2.24) is 35.1 Å². The van der Waals surface area contributed by atoms with Crippen LogP contribution in [-0.2, 0) is 11.3 Å². The van der Waals surface area contributed by atoms with E-state index >= 15 is 0 Å². The average molecular weight is 535 g/mol. The molecule has 3 aromatic rings. The second-order valence-corrected chi connectivity index (χ2v) is 11.5. The van der Waals surface area contributed by atoms with Gasteiger partial charge in [-0.1, -0.05) is 11.6 Å². The van der Waals surface area contributed by atoms with Crippen molar-refractivity contribution < 1.29 is 14.3 Å². The molecule has 0 N–H and O–H groups in total. The van der Waals surface area contributed by atoms with Crippen LogP contribution in [0.1, 0.15) is 58.6 Å². The first-order valence-corrected chi connectivity index (χ1v) is 13.7. The summed E-state index contributed by atoms with van der Waals surface area (Å²) < 4.78 is 12.8. The van der Waals surface area contributed by atoms with Crippen LogP contribution in [0.5, 0.6) is 5.75 Å². The molecule has 1 amide bonds. The Morgan fingerprint density at radius 2 is 1.95 bits per heavy atom. The largest absolute Gasteiger partial charge is 0.495 e. The zero-order valence-corrected chi connectivity index (χ0v) is 23.3. The standard InChI is InChI=1S/C28H38N8O3/c1-28(2,3)39-27(37)36(16-20-7-5-8-20)23-9-6-12-34(18-23)22-11-10-21(29-14-22)17-35-19-26(32-33-35)25-13-24(38-4)15-30-31-25/h10-11,13-15,19-20,23H,5-9,12,16-18H2,1-4H3/t23-/m1/s1. The van der Waals surface area contributed by atoms with Crippen LogP contribution in [0.15, 0.2) is 36.8 Å². The van der Waals surface area contributed by atoms with Crippen LogP contribution < -0.4 is 9.64 Å². The van der Waals surface area contributed by atoms with Gasteiger partial charge in [-0.2, -0.15) is 5.10 Å². The van der Waals surface area contributed by atoms with Crippen LogP contribution in [0.4, 0.5) is 10.5 Å². The van der Waals surface area contributed by atoms with Gasteiger partial charge in [0.05, 0.1) is 49.7 Å². The van der Waals surface area contributed by atoms with E-state index in [1.165, 1.54) is 19.3 Å². The van der Waals surface area contributed by atoms with Crippen LogP contribution in [0.25, 0.3) is 11.4 Å². The zero-order chi connectivity index (χ0) is 27.4. The molecule has 3 aromatic heterocycles. The van der Waals surface area contributed by atoms with E-state index in [0.717, 1.165) is 43.9 Å². The number of carbonyl (C=O) groups is 1. The lowest BCUT2D eigenvalue weighted by molar-refractivity contribution is 0.00736. The van der Waals surface area contributed by atoms with Crippen LogP contribution in [0.2, 0.25) is 0 Å². The van der Waals surface area contributed by atoms with E-state index in [-0.39, 0.29) is 12.1 Å². The Morgan fingerprint density at radius 1 is 1.10 bits per heavy atom. The van der Waals surface area contributed by atoms with E-state index in [1.807, 2.05) is 44.1 Å². The maximum Gasteiger partial charge on any atom is 0.410 e. The molecule has 2 aliphatic rings. The predicted octanol–water partition coefficient (Wildman–Crippen LogP) is 4.19. The summed E-state index contributed by atoms with van der Waals surface area (Å²) in [6.07, 6.45) is 10.7. The molecular formula is C28H38N8O3. The second kappa shape index (κ2) is 11.5. The maximum atomic E-state index is 13.2. The summed E-state index contributed by atoms with van der Waals surface area (Å²) in [7, 11) is 1.59. The molecule has 1 saturated carbocycles. The highest BCUT2D eigenvalue weighted by molar-refractivity contribution is 5.69. The summed E-state index contributed by atoms with van der Waals surface area (Å²) >= 11 is 0. The molecule has 208 valence electrons. The van der Waals surface area contributed by atoms with Crippen molar-refractivity contribution in [2.24, 2.45) is 5.92 Å². The third-order valence-electron chi connectivity index (χ3n) is 7.31. The summed E-state index contributed by atoms with van der Waals surface area (Å²) in [6, 6.07) is 6.02. The van der Waals surface area contributed by atoms with Gasteiger partial charge in [0.25, 0.3) is 0 Å². The summed E-state index contributed by atoms with van der Waals surface area (Å²) in [5, 5.41) is 16.5. The van der Waals surface area contributed by atoms with E-state index < -0.39 is 5.60 Å². The lowest BCUT2D eigenvalue weighted by atomic mass is 9.84. The van der Waals surface area contributed by atoms with Gasteiger partial charge < -0.3 is 19.3 Å². The Hall–Kier alpha value is -3.76.